The number of carbonyl (C=O) groups is 1. The van der Waals surface area contributed by atoms with E-state index in [0.717, 1.165) is 5.56 Å². The zero-order chi connectivity index (χ0) is 16.7. The van der Waals surface area contributed by atoms with Gasteiger partial charge in [-0.3, -0.25) is 0 Å². The van der Waals surface area contributed by atoms with Crippen LogP contribution in [0.2, 0.25) is 5.15 Å². The fourth-order valence-electron chi connectivity index (χ4n) is 2.04. The molecule has 0 aliphatic carbocycles. The summed E-state index contributed by atoms with van der Waals surface area (Å²) in [5.41, 5.74) is 1.30. The molecule has 2 rings (SSSR count). The van der Waals surface area contributed by atoms with Gasteiger partial charge in [-0.1, -0.05) is 23.7 Å². The van der Waals surface area contributed by atoms with Crippen molar-refractivity contribution in [2.45, 2.75) is 6.42 Å². The molecule has 1 aromatic heterocycles. The number of urea groups is 1. The fraction of sp³-hybridized carbons (Fsp3) is 0.250. The smallest absolute Gasteiger partial charge is 0.319 e. The number of rotatable bonds is 6. The molecule has 0 saturated carbocycles. The Balaban J connectivity index is 1.84. The van der Waals surface area contributed by atoms with Crippen molar-refractivity contribution in [2.24, 2.45) is 5.92 Å². The largest absolute Gasteiger partial charge is 0.396 e. The van der Waals surface area contributed by atoms with Gasteiger partial charge in [-0.05, 0) is 36.2 Å². The van der Waals surface area contributed by atoms with E-state index in [1.54, 1.807) is 24.3 Å². The molecule has 5 nitrogen and oxygen atoms in total. The molecule has 0 spiro atoms. The average Bonchev–Trinajstić information content (AvgIpc) is 2.55. The summed E-state index contributed by atoms with van der Waals surface area (Å²) in [4.78, 5) is 15.7. The molecule has 0 unspecified atom stereocenters. The van der Waals surface area contributed by atoms with Gasteiger partial charge in [0.1, 0.15) is 5.82 Å². The summed E-state index contributed by atoms with van der Waals surface area (Å²) in [5.74, 6) is -0.476. The lowest BCUT2D eigenvalue weighted by molar-refractivity contribution is 0.218. The minimum Gasteiger partial charge on any atom is -0.396 e. The van der Waals surface area contributed by atoms with Gasteiger partial charge in [-0.2, -0.15) is 0 Å². The quantitative estimate of drug-likeness (QED) is 0.710. The summed E-state index contributed by atoms with van der Waals surface area (Å²) in [6, 6.07) is 8.92. The van der Waals surface area contributed by atoms with Gasteiger partial charge in [-0.25, -0.2) is 14.2 Å². The van der Waals surface area contributed by atoms with Crippen molar-refractivity contribution in [1.82, 2.24) is 10.3 Å². The Morgan fingerprint density at radius 1 is 1.30 bits per heavy atom. The van der Waals surface area contributed by atoms with Crippen LogP contribution in [0.5, 0.6) is 0 Å². The van der Waals surface area contributed by atoms with Crippen LogP contribution in [0.25, 0.3) is 0 Å². The second-order valence-corrected chi connectivity index (χ2v) is 5.41. The lowest BCUT2D eigenvalue weighted by Crippen LogP contribution is -2.35. The molecule has 1 heterocycles. The number of carbonyl (C=O) groups excluding carboxylic acids is 1. The van der Waals surface area contributed by atoms with Crippen LogP contribution in [0, 0.1) is 11.7 Å². The van der Waals surface area contributed by atoms with Crippen molar-refractivity contribution >= 4 is 23.3 Å². The van der Waals surface area contributed by atoms with Crippen LogP contribution in [0.3, 0.4) is 0 Å². The zero-order valence-corrected chi connectivity index (χ0v) is 13.1. The molecule has 2 amide bonds. The molecule has 1 atom stereocenters. The number of aliphatic hydroxyl groups excluding tert-OH is 1. The molecular weight excluding hydrogens is 321 g/mol. The lowest BCUT2D eigenvalue weighted by Gasteiger charge is -2.16. The molecular formula is C16H17ClFN3O2. The zero-order valence-electron chi connectivity index (χ0n) is 12.3. The predicted molar refractivity (Wildman–Crippen MR) is 86.9 cm³/mol. The van der Waals surface area contributed by atoms with Gasteiger partial charge in [0.2, 0.25) is 0 Å². The maximum Gasteiger partial charge on any atom is 0.319 e. The van der Waals surface area contributed by atoms with Crippen LogP contribution in [-0.2, 0) is 6.42 Å². The first-order valence-corrected chi connectivity index (χ1v) is 7.47. The lowest BCUT2D eigenvalue weighted by atomic mass is 10.00. The molecule has 1 aromatic carbocycles. The molecule has 0 aliphatic heterocycles. The van der Waals surface area contributed by atoms with Gasteiger partial charge in [0.15, 0.2) is 5.15 Å². The third-order valence-corrected chi connectivity index (χ3v) is 3.56. The molecule has 0 aliphatic rings. The van der Waals surface area contributed by atoms with Gasteiger partial charge in [-0.15, -0.1) is 0 Å². The fourth-order valence-corrected chi connectivity index (χ4v) is 2.20. The maximum absolute atomic E-state index is 12.9. The Hall–Kier alpha value is -2.18. The first kappa shape index (κ1) is 17.2. The second-order valence-electron chi connectivity index (χ2n) is 5.06. The van der Waals surface area contributed by atoms with E-state index in [1.807, 2.05) is 0 Å². The Bertz CT molecular complexity index is 652. The molecule has 0 fully saturated rings. The summed E-state index contributed by atoms with van der Waals surface area (Å²) in [7, 11) is 0. The Labute approximate surface area is 138 Å². The standard InChI is InChI=1S/C16H17ClFN3O2/c17-15-14(2-1-7-19-15)21-16(23)20-9-12(10-22)8-11-3-5-13(18)6-4-11/h1-7,12,22H,8-10H2,(H2,20,21,23)/t12-/m0/s1. The summed E-state index contributed by atoms with van der Waals surface area (Å²) in [5, 5.41) is 14.9. The van der Waals surface area contributed by atoms with Crippen molar-refractivity contribution in [3.8, 4) is 0 Å². The minimum atomic E-state index is -0.433. The first-order chi connectivity index (χ1) is 11.1. The number of aliphatic hydroxyl groups is 1. The van der Waals surface area contributed by atoms with E-state index in [1.165, 1.54) is 18.3 Å². The summed E-state index contributed by atoms with van der Waals surface area (Å²) < 4.78 is 12.9. The predicted octanol–water partition coefficient (Wildman–Crippen LogP) is 2.85. The van der Waals surface area contributed by atoms with Crippen LogP contribution in [0.15, 0.2) is 42.6 Å². The number of amides is 2. The van der Waals surface area contributed by atoms with Gasteiger partial charge in [0.25, 0.3) is 0 Å². The summed E-state index contributed by atoms with van der Waals surface area (Å²) in [6.45, 7) is 0.183. The Morgan fingerprint density at radius 2 is 2.04 bits per heavy atom. The van der Waals surface area contributed by atoms with Crippen LogP contribution in [0.4, 0.5) is 14.9 Å². The topological polar surface area (TPSA) is 74.2 Å². The molecule has 0 radical (unpaired) electrons. The third kappa shape index (κ3) is 5.50. The molecule has 23 heavy (non-hydrogen) atoms. The number of halogens is 2. The number of aromatic nitrogens is 1. The van der Waals surface area contributed by atoms with E-state index in [4.69, 9.17) is 11.6 Å². The number of anilines is 1. The van der Waals surface area contributed by atoms with E-state index in [9.17, 15) is 14.3 Å². The van der Waals surface area contributed by atoms with E-state index in [0.29, 0.717) is 12.1 Å². The van der Waals surface area contributed by atoms with Gasteiger partial charge in [0, 0.05) is 25.3 Å². The molecule has 0 saturated heterocycles. The molecule has 3 N–H and O–H groups in total. The van der Waals surface area contributed by atoms with Crippen LogP contribution >= 0.6 is 11.6 Å². The molecule has 7 heteroatoms. The number of nitrogens with one attached hydrogen (secondary N) is 2. The number of nitrogens with zero attached hydrogens (tertiary/aromatic N) is 1. The minimum absolute atomic E-state index is 0.0920. The normalized spacial score (nSPS) is 11.8. The van der Waals surface area contributed by atoms with Crippen molar-refractivity contribution in [3.05, 3.63) is 59.1 Å². The van der Waals surface area contributed by atoms with E-state index in [2.05, 4.69) is 15.6 Å². The van der Waals surface area contributed by atoms with Crippen molar-refractivity contribution in [3.63, 3.8) is 0 Å². The van der Waals surface area contributed by atoms with E-state index >= 15 is 0 Å². The Kier molecular flexibility index (Phi) is 6.31. The highest BCUT2D eigenvalue weighted by atomic mass is 35.5. The summed E-state index contributed by atoms with van der Waals surface area (Å²) >= 11 is 5.85. The SMILES string of the molecule is O=C(NC[C@@H](CO)Cc1ccc(F)cc1)Nc1cccnc1Cl. The van der Waals surface area contributed by atoms with E-state index in [-0.39, 0.29) is 30.0 Å². The second kappa shape index (κ2) is 8.45. The van der Waals surface area contributed by atoms with Crippen LogP contribution in [-0.4, -0.2) is 29.3 Å². The van der Waals surface area contributed by atoms with Crippen molar-refractivity contribution < 1.29 is 14.3 Å². The van der Waals surface area contributed by atoms with Gasteiger partial charge >= 0.3 is 6.03 Å². The van der Waals surface area contributed by atoms with Crippen LogP contribution < -0.4 is 10.6 Å². The number of pyridine rings is 1. The van der Waals surface area contributed by atoms with Crippen molar-refractivity contribution in [2.75, 3.05) is 18.5 Å². The summed E-state index contributed by atoms with van der Waals surface area (Å²) in [6.07, 6.45) is 2.06. The number of hydrogen-bond acceptors (Lipinski definition) is 3. The maximum atomic E-state index is 12.9. The van der Waals surface area contributed by atoms with E-state index < -0.39 is 6.03 Å². The molecule has 2 aromatic rings. The van der Waals surface area contributed by atoms with Crippen LogP contribution in [0.1, 0.15) is 5.56 Å². The highest BCUT2D eigenvalue weighted by Crippen LogP contribution is 2.17. The highest BCUT2D eigenvalue weighted by molar-refractivity contribution is 6.32. The average molecular weight is 338 g/mol. The van der Waals surface area contributed by atoms with Gasteiger partial charge in [0.05, 0.1) is 5.69 Å². The van der Waals surface area contributed by atoms with Crippen molar-refractivity contribution in [1.29, 1.82) is 0 Å². The molecule has 0 bridgehead atoms. The number of benzene rings is 1. The Morgan fingerprint density at radius 3 is 2.70 bits per heavy atom. The van der Waals surface area contributed by atoms with Gasteiger partial charge < -0.3 is 15.7 Å². The third-order valence-electron chi connectivity index (χ3n) is 3.25. The first-order valence-electron chi connectivity index (χ1n) is 7.09. The number of hydrogen-bond donors (Lipinski definition) is 3. The highest BCUT2D eigenvalue weighted by Gasteiger charge is 2.12. The molecule has 122 valence electrons. The monoisotopic (exact) mass is 337 g/mol.